The number of thiophene rings is 1. The third kappa shape index (κ3) is 3.41. The summed E-state index contributed by atoms with van der Waals surface area (Å²) in [6.45, 7) is -0.320. The van der Waals surface area contributed by atoms with Gasteiger partial charge in [-0.1, -0.05) is 36.4 Å². The van der Waals surface area contributed by atoms with Crippen molar-refractivity contribution in [2.45, 2.75) is 11.8 Å². The quantitative estimate of drug-likeness (QED) is 0.508. The highest BCUT2D eigenvalue weighted by atomic mass is 32.1. The second kappa shape index (κ2) is 7.18. The Morgan fingerprint density at radius 3 is 2.58 bits per heavy atom. The van der Waals surface area contributed by atoms with E-state index in [0.717, 1.165) is 10.4 Å². The molecule has 0 saturated carbocycles. The van der Waals surface area contributed by atoms with Gasteiger partial charge in [0.25, 0.3) is 5.91 Å². The Kier molecular flexibility index (Phi) is 4.81. The van der Waals surface area contributed by atoms with Crippen LogP contribution in [0, 0.1) is 10.1 Å². The summed E-state index contributed by atoms with van der Waals surface area (Å²) in [6, 6.07) is 14.5. The molecule has 122 valence electrons. The lowest BCUT2D eigenvalue weighted by Gasteiger charge is -2.22. The molecule has 0 bridgehead atoms. The molecule has 0 unspecified atom stereocenters. The van der Waals surface area contributed by atoms with Crippen LogP contribution in [0.2, 0.25) is 0 Å². The minimum atomic E-state index is -0.655. The molecule has 0 N–H and O–H groups in total. The van der Waals surface area contributed by atoms with E-state index in [1.165, 1.54) is 22.2 Å². The van der Waals surface area contributed by atoms with Gasteiger partial charge in [-0.3, -0.25) is 14.9 Å². The van der Waals surface area contributed by atoms with Crippen molar-refractivity contribution >= 4 is 17.2 Å². The van der Waals surface area contributed by atoms with Crippen molar-refractivity contribution < 1.29 is 9.72 Å². The first-order valence-corrected chi connectivity index (χ1v) is 8.29. The van der Waals surface area contributed by atoms with Gasteiger partial charge in [-0.25, -0.2) is 4.68 Å². The predicted octanol–water partition coefficient (Wildman–Crippen LogP) is 3.43. The smallest absolute Gasteiger partial charge is 0.256 e. The first kappa shape index (κ1) is 16.1. The van der Waals surface area contributed by atoms with Crippen molar-refractivity contribution in [1.29, 1.82) is 0 Å². The molecule has 1 aromatic carbocycles. The van der Waals surface area contributed by atoms with Crippen LogP contribution in [0.4, 0.5) is 0 Å². The lowest BCUT2D eigenvalue weighted by Crippen LogP contribution is -2.29. The van der Waals surface area contributed by atoms with Crippen molar-refractivity contribution in [1.82, 2.24) is 9.78 Å². The lowest BCUT2D eigenvalue weighted by atomic mass is 9.84. The van der Waals surface area contributed by atoms with Crippen LogP contribution in [-0.4, -0.2) is 27.2 Å². The zero-order valence-corrected chi connectivity index (χ0v) is 13.5. The Labute approximate surface area is 142 Å². The van der Waals surface area contributed by atoms with Gasteiger partial charge in [0, 0.05) is 22.2 Å². The van der Waals surface area contributed by atoms with Gasteiger partial charge in [-0.15, -0.1) is 11.3 Å². The van der Waals surface area contributed by atoms with E-state index >= 15 is 0 Å². The maximum absolute atomic E-state index is 13.0. The molecule has 0 aliphatic rings. The average Bonchev–Trinajstić information content (AvgIpc) is 3.28. The van der Waals surface area contributed by atoms with E-state index in [0.29, 0.717) is 0 Å². The van der Waals surface area contributed by atoms with Gasteiger partial charge in [0.05, 0.1) is 11.8 Å². The zero-order chi connectivity index (χ0) is 16.9. The van der Waals surface area contributed by atoms with E-state index in [-0.39, 0.29) is 17.4 Å². The number of hydrogen-bond acceptors (Lipinski definition) is 5. The van der Waals surface area contributed by atoms with Crippen LogP contribution in [0.15, 0.2) is 66.3 Å². The third-order valence-electron chi connectivity index (χ3n) is 3.82. The molecule has 6 nitrogen and oxygen atoms in total. The van der Waals surface area contributed by atoms with Crippen molar-refractivity contribution in [2.24, 2.45) is 0 Å². The highest BCUT2D eigenvalue weighted by Crippen LogP contribution is 2.36. The van der Waals surface area contributed by atoms with Gasteiger partial charge in [-0.2, -0.15) is 5.10 Å². The Balaban J connectivity index is 2.07. The molecule has 2 heterocycles. The molecule has 0 fully saturated rings. The third-order valence-corrected chi connectivity index (χ3v) is 4.78. The first-order chi connectivity index (χ1) is 11.7. The Bertz CT molecular complexity index is 801. The van der Waals surface area contributed by atoms with Gasteiger partial charge in [0.15, 0.2) is 0 Å². The first-order valence-electron chi connectivity index (χ1n) is 7.41. The molecular formula is C17H15N3O3S. The van der Waals surface area contributed by atoms with Crippen LogP contribution in [0.25, 0.3) is 0 Å². The summed E-state index contributed by atoms with van der Waals surface area (Å²) in [5.41, 5.74) is 0.771. The second-order valence-electron chi connectivity index (χ2n) is 5.31. The lowest BCUT2D eigenvalue weighted by molar-refractivity contribution is -0.483. The van der Waals surface area contributed by atoms with E-state index in [1.54, 1.807) is 12.3 Å². The minimum absolute atomic E-state index is 0.266. The number of aromatic nitrogens is 2. The monoisotopic (exact) mass is 341 g/mol. The molecule has 2 atom stereocenters. The molecule has 0 aliphatic carbocycles. The van der Waals surface area contributed by atoms with Gasteiger partial charge in [-0.05, 0) is 23.1 Å². The predicted molar refractivity (Wildman–Crippen MR) is 91.0 cm³/mol. The standard InChI is InChI=1S/C17H15N3O3S/c21-17(19-10-5-9-18-19)16(15-8-4-11-24-15)14(12-20(22)23)13-6-2-1-3-7-13/h1-11,14,16H,12H2/t14-,16-/m1/s1. The highest BCUT2D eigenvalue weighted by molar-refractivity contribution is 7.10. The maximum Gasteiger partial charge on any atom is 0.256 e. The van der Waals surface area contributed by atoms with Crippen molar-refractivity contribution in [3.8, 4) is 0 Å². The molecule has 24 heavy (non-hydrogen) atoms. The molecule has 0 saturated heterocycles. The van der Waals surface area contributed by atoms with E-state index in [4.69, 9.17) is 0 Å². The summed E-state index contributed by atoms with van der Waals surface area (Å²) in [5, 5.41) is 17.1. The number of hydrogen-bond donors (Lipinski definition) is 0. The Morgan fingerprint density at radius 1 is 1.21 bits per heavy atom. The molecule has 0 aliphatic heterocycles. The zero-order valence-electron chi connectivity index (χ0n) is 12.7. The van der Waals surface area contributed by atoms with Gasteiger partial charge in [0.1, 0.15) is 0 Å². The fraction of sp³-hybridized carbons (Fsp3) is 0.176. The van der Waals surface area contributed by atoms with Crippen molar-refractivity contribution in [3.63, 3.8) is 0 Å². The molecule has 0 amide bonds. The number of nitro groups is 1. The molecule has 3 rings (SSSR count). The summed E-state index contributed by atoms with van der Waals surface area (Å²) >= 11 is 1.42. The molecule has 0 spiro atoms. The van der Waals surface area contributed by atoms with Gasteiger partial charge >= 0.3 is 0 Å². The number of carbonyl (C=O) groups excluding carboxylic acids is 1. The van der Waals surface area contributed by atoms with E-state index in [9.17, 15) is 14.9 Å². The largest absolute Gasteiger partial charge is 0.272 e. The van der Waals surface area contributed by atoms with Crippen LogP contribution >= 0.6 is 11.3 Å². The molecule has 3 aromatic rings. The fourth-order valence-corrected chi connectivity index (χ4v) is 3.65. The summed E-state index contributed by atoms with van der Waals surface area (Å²) < 4.78 is 1.25. The SMILES string of the molecule is O=C([C@@H](c1cccs1)[C@H](C[N+](=O)[O-])c1ccccc1)n1cccn1. The van der Waals surface area contributed by atoms with Gasteiger partial charge in [0.2, 0.25) is 6.54 Å². The van der Waals surface area contributed by atoms with Crippen LogP contribution in [0.1, 0.15) is 27.1 Å². The topological polar surface area (TPSA) is 78.0 Å². The highest BCUT2D eigenvalue weighted by Gasteiger charge is 2.36. The second-order valence-corrected chi connectivity index (χ2v) is 6.29. The van der Waals surface area contributed by atoms with Crippen LogP contribution in [-0.2, 0) is 0 Å². The van der Waals surface area contributed by atoms with E-state index < -0.39 is 11.8 Å². The van der Waals surface area contributed by atoms with Crippen LogP contribution in [0.5, 0.6) is 0 Å². The Hall–Kier alpha value is -2.80. The summed E-state index contributed by atoms with van der Waals surface area (Å²) in [4.78, 5) is 24.7. The van der Waals surface area contributed by atoms with Crippen LogP contribution < -0.4 is 0 Å². The number of benzene rings is 1. The van der Waals surface area contributed by atoms with Crippen LogP contribution in [0.3, 0.4) is 0 Å². The summed E-state index contributed by atoms with van der Waals surface area (Å²) in [6.07, 6.45) is 3.09. The number of nitrogens with zero attached hydrogens (tertiary/aromatic N) is 3. The summed E-state index contributed by atoms with van der Waals surface area (Å²) in [5.74, 6) is -1.48. The maximum atomic E-state index is 13.0. The fourth-order valence-electron chi connectivity index (χ4n) is 2.77. The van der Waals surface area contributed by atoms with E-state index in [2.05, 4.69) is 5.10 Å². The van der Waals surface area contributed by atoms with Crippen molar-refractivity contribution in [3.05, 3.63) is 86.9 Å². The number of rotatable bonds is 6. The molecular weight excluding hydrogens is 326 g/mol. The van der Waals surface area contributed by atoms with Crippen molar-refractivity contribution in [2.75, 3.05) is 6.54 Å². The van der Waals surface area contributed by atoms with Gasteiger partial charge < -0.3 is 0 Å². The average molecular weight is 341 g/mol. The Morgan fingerprint density at radius 2 is 2.00 bits per heavy atom. The minimum Gasteiger partial charge on any atom is -0.272 e. The molecule has 2 aromatic heterocycles. The van der Waals surface area contributed by atoms with E-state index in [1.807, 2.05) is 47.8 Å². The molecule has 7 heteroatoms. The molecule has 0 radical (unpaired) electrons. The number of carbonyl (C=O) groups is 1. The summed E-state index contributed by atoms with van der Waals surface area (Å²) in [7, 11) is 0. The normalized spacial score (nSPS) is 13.3.